The fraction of sp³-hybridized carbons (Fsp3) is 0.833. The zero-order valence-corrected chi connectivity index (χ0v) is 10.8. The average molecular weight is 230 g/mol. The normalized spacial score (nSPS) is 11.4. The van der Waals surface area contributed by atoms with Crippen LogP contribution in [0.5, 0.6) is 0 Å². The average Bonchev–Trinajstić information content (AvgIpc) is 1.98. The minimum absolute atomic E-state index is 0.205. The van der Waals surface area contributed by atoms with Crippen LogP contribution >= 0.6 is 0 Å². The molecule has 16 heavy (non-hydrogen) atoms. The van der Waals surface area contributed by atoms with Crippen LogP contribution in [0.1, 0.15) is 53.9 Å². The third-order valence-electron chi connectivity index (χ3n) is 1.90. The van der Waals surface area contributed by atoms with Crippen molar-refractivity contribution in [2.24, 2.45) is 0 Å². The number of esters is 2. The molecule has 0 aliphatic rings. The van der Waals surface area contributed by atoms with E-state index in [1.54, 1.807) is 13.8 Å². The lowest BCUT2D eigenvalue weighted by Gasteiger charge is -2.24. The molecular weight excluding hydrogens is 208 g/mol. The molecule has 0 N–H and O–H groups in total. The van der Waals surface area contributed by atoms with Crippen molar-refractivity contribution in [2.45, 2.75) is 65.6 Å². The van der Waals surface area contributed by atoms with E-state index >= 15 is 0 Å². The number of carbonyl (C=O) groups is 2. The highest BCUT2D eigenvalue weighted by Gasteiger charge is 2.23. The molecular formula is C12H22O4. The second kappa shape index (κ2) is 6.51. The molecule has 0 bridgehead atoms. The molecule has 94 valence electrons. The highest BCUT2D eigenvalue weighted by molar-refractivity contribution is 5.91. The molecule has 0 heterocycles. The molecule has 0 saturated heterocycles. The van der Waals surface area contributed by atoms with Crippen LogP contribution in [0.25, 0.3) is 0 Å². The Labute approximate surface area is 97.3 Å². The summed E-state index contributed by atoms with van der Waals surface area (Å²) in [5, 5.41) is 0. The van der Waals surface area contributed by atoms with Crippen molar-refractivity contribution < 1.29 is 19.1 Å². The standard InChI is InChI=1S/C12H22O4/c1-6-7-12(4,5)16-11(14)8-10(13)15-9(2)3/h9H,6-8H2,1-5H3. The van der Waals surface area contributed by atoms with E-state index in [1.807, 2.05) is 20.8 Å². The SMILES string of the molecule is CCCC(C)(C)OC(=O)CC(=O)OC(C)C. The van der Waals surface area contributed by atoms with E-state index in [-0.39, 0.29) is 12.5 Å². The van der Waals surface area contributed by atoms with Crippen molar-refractivity contribution in [3.8, 4) is 0 Å². The summed E-state index contributed by atoms with van der Waals surface area (Å²) in [6.07, 6.45) is 1.18. The number of hydrogen-bond acceptors (Lipinski definition) is 4. The van der Waals surface area contributed by atoms with E-state index in [2.05, 4.69) is 0 Å². The molecule has 0 aliphatic heterocycles. The van der Waals surface area contributed by atoms with Gasteiger partial charge in [-0.3, -0.25) is 9.59 Å². The molecule has 0 aromatic heterocycles. The fourth-order valence-corrected chi connectivity index (χ4v) is 1.42. The first-order valence-corrected chi connectivity index (χ1v) is 5.68. The number of rotatable bonds is 6. The maximum Gasteiger partial charge on any atom is 0.317 e. The van der Waals surface area contributed by atoms with Gasteiger partial charge >= 0.3 is 11.9 Å². The second-order valence-corrected chi connectivity index (χ2v) is 4.70. The lowest BCUT2D eigenvalue weighted by molar-refractivity contribution is -0.164. The maximum absolute atomic E-state index is 11.4. The molecule has 0 aromatic rings. The topological polar surface area (TPSA) is 52.6 Å². The molecule has 0 atom stereocenters. The van der Waals surface area contributed by atoms with Gasteiger partial charge in [-0.05, 0) is 34.1 Å². The van der Waals surface area contributed by atoms with E-state index in [9.17, 15) is 9.59 Å². The zero-order valence-electron chi connectivity index (χ0n) is 10.8. The first-order chi connectivity index (χ1) is 7.26. The van der Waals surface area contributed by atoms with Gasteiger partial charge in [-0.2, -0.15) is 0 Å². The van der Waals surface area contributed by atoms with Crippen molar-refractivity contribution in [3.05, 3.63) is 0 Å². The van der Waals surface area contributed by atoms with E-state index in [4.69, 9.17) is 9.47 Å². The number of hydrogen-bond donors (Lipinski definition) is 0. The van der Waals surface area contributed by atoms with Crippen LogP contribution in [-0.2, 0) is 19.1 Å². The highest BCUT2D eigenvalue weighted by Crippen LogP contribution is 2.17. The van der Waals surface area contributed by atoms with Gasteiger partial charge in [0.2, 0.25) is 0 Å². The van der Waals surface area contributed by atoms with Crippen LogP contribution in [0.2, 0.25) is 0 Å². The Morgan fingerprint density at radius 2 is 1.75 bits per heavy atom. The minimum Gasteiger partial charge on any atom is -0.463 e. The van der Waals surface area contributed by atoms with Crippen LogP contribution in [0.4, 0.5) is 0 Å². The lowest BCUT2D eigenvalue weighted by Crippen LogP contribution is -2.29. The molecule has 0 radical (unpaired) electrons. The van der Waals surface area contributed by atoms with Gasteiger partial charge in [0, 0.05) is 0 Å². The first kappa shape index (κ1) is 14.9. The van der Waals surface area contributed by atoms with E-state index in [0.717, 1.165) is 12.8 Å². The van der Waals surface area contributed by atoms with Gasteiger partial charge in [0.05, 0.1) is 6.10 Å². The van der Waals surface area contributed by atoms with Gasteiger partial charge in [0.15, 0.2) is 0 Å². The molecule has 0 spiro atoms. The molecule has 0 aliphatic carbocycles. The molecule has 4 nitrogen and oxygen atoms in total. The third kappa shape index (κ3) is 7.26. The van der Waals surface area contributed by atoms with Gasteiger partial charge in [0.1, 0.15) is 12.0 Å². The zero-order chi connectivity index (χ0) is 12.8. The molecule has 0 rings (SSSR count). The van der Waals surface area contributed by atoms with Gasteiger partial charge in [-0.15, -0.1) is 0 Å². The summed E-state index contributed by atoms with van der Waals surface area (Å²) < 4.78 is 10.0. The summed E-state index contributed by atoms with van der Waals surface area (Å²) in [6.45, 7) is 9.17. The molecule has 0 fully saturated rings. The summed E-state index contributed by atoms with van der Waals surface area (Å²) in [6, 6.07) is 0. The van der Waals surface area contributed by atoms with Crippen molar-refractivity contribution in [1.29, 1.82) is 0 Å². The molecule has 0 aromatic carbocycles. The Balaban J connectivity index is 4.03. The Kier molecular flexibility index (Phi) is 6.08. The Hall–Kier alpha value is -1.06. The van der Waals surface area contributed by atoms with Gasteiger partial charge in [0.25, 0.3) is 0 Å². The van der Waals surface area contributed by atoms with Crippen LogP contribution in [0, 0.1) is 0 Å². The summed E-state index contributed by atoms with van der Waals surface area (Å²) in [4.78, 5) is 22.6. The molecule has 0 amide bonds. The predicted molar refractivity (Wildman–Crippen MR) is 60.9 cm³/mol. The Morgan fingerprint density at radius 1 is 1.19 bits per heavy atom. The Morgan fingerprint density at radius 3 is 2.19 bits per heavy atom. The number of carbonyl (C=O) groups excluding carboxylic acids is 2. The van der Waals surface area contributed by atoms with E-state index in [1.165, 1.54) is 0 Å². The third-order valence-corrected chi connectivity index (χ3v) is 1.90. The highest BCUT2D eigenvalue weighted by atomic mass is 16.6. The first-order valence-electron chi connectivity index (χ1n) is 5.68. The van der Waals surface area contributed by atoms with Crippen LogP contribution in [-0.4, -0.2) is 23.6 Å². The van der Waals surface area contributed by atoms with Crippen molar-refractivity contribution in [3.63, 3.8) is 0 Å². The fourth-order valence-electron chi connectivity index (χ4n) is 1.42. The lowest BCUT2D eigenvalue weighted by atomic mass is 10.0. The van der Waals surface area contributed by atoms with E-state index in [0.29, 0.717) is 0 Å². The largest absolute Gasteiger partial charge is 0.463 e. The Bertz CT molecular complexity index is 243. The summed E-state index contributed by atoms with van der Waals surface area (Å²) in [5.74, 6) is -1.06. The summed E-state index contributed by atoms with van der Waals surface area (Å²) in [5.41, 5.74) is -0.510. The van der Waals surface area contributed by atoms with Gasteiger partial charge in [-0.25, -0.2) is 0 Å². The summed E-state index contributed by atoms with van der Waals surface area (Å²) >= 11 is 0. The van der Waals surface area contributed by atoms with Crippen molar-refractivity contribution >= 4 is 11.9 Å². The minimum atomic E-state index is -0.535. The van der Waals surface area contributed by atoms with Gasteiger partial charge in [-0.1, -0.05) is 13.3 Å². The van der Waals surface area contributed by atoms with Crippen LogP contribution < -0.4 is 0 Å². The molecule has 0 saturated carbocycles. The number of ether oxygens (including phenoxy) is 2. The van der Waals surface area contributed by atoms with Crippen LogP contribution in [0.15, 0.2) is 0 Å². The molecule has 0 unspecified atom stereocenters. The summed E-state index contributed by atoms with van der Waals surface area (Å²) in [7, 11) is 0. The maximum atomic E-state index is 11.4. The van der Waals surface area contributed by atoms with Gasteiger partial charge < -0.3 is 9.47 Å². The quantitative estimate of drug-likeness (QED) is 0.519. The molecule has 4 heteroatoms. The predicted octanol–water partition coefficient (Wildman–Crippen LogP) is 2.45. The smallest absolute Gasteiger partial charge is 0.317 e. The monoisotopic (exact) mass is 230 g/mol. The van der Waals surface area contributed by atoms with Crippen molar-refractivity contribution in [1.82, 2.24) is 0 Å². The van der Waals surface area contributed by atoms with Crippen LogP contribution in [0.3, 0.4) is 0 Å². The van der Waals surface area contributed by atoms with Crippen molar-refractivity contribution in [2.75, 3.05) is 0 Å². The second-order valence-electron chi connectivity index (χ2n) is 4.70. The van der Waals surface area contributed by atoms with E-state index < -0.39 is 17.5 Å².